The lowest BCUT2D eigenvalue weighted by Gasteiger charge is -2.04. The molecule has 0 atom stereocenters. The molecule has 7 heteroatoms. The molecule has 1 amide bonds. The van der Waals surface area contributed by atoms with E-state index in [9.17, 15) is 14.9 Å². The first-order chi connectivity index (χ1) is 8.59. The van der Waals surface area contributed by atoms with Crippen molar-refractivity contribution in [1.29, 1.82) is 0 Å². The summed E-state index contributed by atoms with van der Waals surface area (Å²) in [7, 11) is 0. The van der Waals surface area contributed by atoms with Gasteiger partial charge in [-0.15, -0.1) is 0 Å². The Labute approximate surface area is 106 Å². The van der Waals surface area contributed by atoms with Crippen LogP contribution in [0.5, 0.6) is 0 Å². The van der Waals surface area contributed by atoms with Crippen LogP contribution in [-0.2, 0) is 0 Å². The van der Waals surface area contributed by atoms with E-state index in [4.69, 9.17) is 16.0 Å². The Balaban J connectivity index is 2.28. The molecule has 0 aliphatic heterocycles. The molecule has 0 saturated heterocycles. The number of anilines is 1. The smallest absolute Gasteiger partial charge is 0.292 e. The lowest BCUT2D eigenvalue weighted by molar-refractivity contribution is -0.383. The van der Waals surface area contributed by atoms with E-state index in [1.807, 2.05) is 0 Å². The summed E-state index contributed by atoms with van der Waals surface area (Å²) in [5, 5.41) is 13.1. The Morgan fingerprint density at radius 2 is 2.06 bits per heavy atom. The first-order valence-electron chi connectivity index (χ1n) is 4.87. The number of amides is 1. The number of hydrogen-bond acceptors (Lipinski definition) is 4. The minimum atomic E-state index is -0.577. The molecule has 92 valence electrons. The zero-order chi connectivity index (χ0) is 13.1. The van der Waals surface area contributed by atoms with Crippen LogP contribution >= 0.6 is 11.6 Å². The second-order valence-electron chi connectivity index (χ2n) is 3.34. The molecule has 0 spiro atoms. The van der Waals surface area contributed by atoms with Crippen LogP contribution in [0.25, 0.3) is 0 Å². The van der Waals surface area contributed by atoms with Crippen LogP contribution in [-0.4, -0.2) is 10.8 Å². The third kappa shape index (κ3) is 2.33. The van der Waals surface area contributed by atoms with Crippen LogP contribution in [0.4, 0.5) is 11.4 Å². The van der Waals surface area contributed by atoms with Gasteiger partial charge in [0.25, 0.3) is 11.6 Å². The van der Waals surface area contributed by atoms with Crippen molar-refractivity contribution in [1.82, 2.24) is 0 Å². The number of nitrogens with one attached hydrogen (secondary N) is 1. The minimum absolute atomic E-state index is 0.0638. The molecule has 0 radical (unpaired) electrons. The topological polar surface area (TPSA) is 85.4 Å². The standard InChI is InChI=1S/C11H7ClN2O4/c12-10-7(5-6-18-10)11(15)13-8-3-1-2-4-9(8)14(16)17/h1-6H,(H,13,15). The van der Waals surface area contributed by atoms with Crippen LogP contribution in [0.1, 0.15) is 10.4 Å². The maximum atomic E-state index is 11.8. The predicted molar refractivity (Wildman–Crippen MR) is 64.8 cm³/mol. The molecule has 0 bridgehead atoms. The van der Waals surface area contributed by atoms with Gasteiger partial charge >= 0.3 is 0 Å². The lowest BCUT2D eigenvalue weighted by Crippen LogP contribution is -2.12. The zero-order valence-electron chi connectivity index (χ0n) is 8.92. The highest BCUT2D eigenvalue weighted by atomic mass is 35.5. The molecular weight excluding hydrogens is 260 g/mol. The number of halogens is 1. The molecule has 6 nitrogen and oxygen atoms in total. The highest BCUT2D eigenvalue weighted by Crippen LogP contribution is 2.25. The van der Waals surface area contributed by atoms with E-state index in [1.165, 1.54) is 30.5 Å². The molecular formula is C11H7ClN2O4. The van der Waals surface area contributed by atoms with Crippen molar-refractivity contribution in [3.05, 3.63) is 57.5 Å². The fourth-order valence-corrected chi connectivity index (χ4v) is 1.58. The molecule has 18 heavy (non-hydrogen) atoms. The van der Waals surface area contributed by atoms with Gasteiger partial charge in [-0.1, -0.05) is 12.1 Å². The first kappa shape index (κ1) is 12.1. The number of furan rings is 1. The third-order valence-corrected chi connectivity index (χ3v) is 2.50. The van der Waals surface area contributed by atoms with E-state index in [0.29, 0.717) is 0 Å². The van der Waals surface area contributed by atoms with E-state index in [1.54, 1.807) is 6.07 Å². The van der Waals surface area contributed by atoms with E-state index in [2.05, 4.69) is 5.32 Å². The molecule has 0 aliphatic carbocycles. The Morgan fingerprint density at radius 1 is 1.33 bits per heavy atom. The van der Waals surface area contributed by atoms with E-state index in [-0.39, 0.29) is 22.2 Å². The summed E-state index contributed by atoms with van der Waals surface area (Å²) in [4.78, 5) is 22.0. The van der Waals surface area contributed by atoms with Crippen LogP contribution in [0.15, 0.2) is 41.0 Å². The van der Waals surface area contributed by atoms with Crippen molar-refractivity contribution in [2.75, 3.05) is 5.32 Å². The molecule has 0 aliphatic rings. The molecule has 0 saturated carbocycles. The molecule has 2 aromatic rings. The van der Waals surface area contributed by atoms with E-state index < -0.39 is 10.8 Å². The second kappa shape index (κ2) is 4.89. The van der Waals surface area contributed by atoms with Gasteiger partial charge in [0.1, 0.15) is 5.69 Å². The van der Waals surface area contributed by atoms with Crippen LogP contribution < -0.4 is 5.32 Å². The summed E-state index contributed by atoms with van der Waals surface area (Å²) in [6.45, 7) is 0. The fourth-order valence-electron chi connectivity index (χ4n) is 1.38. The monoisotopic (exact) mass is 266 g/mol. The summed E-state index contributed by atoms with van der Waals surface area (Å²) in [6, 6.07) is 7.21. The second-order valence-corrected chi connectivity index (χ2v) is 3.68. The number of hydrogen-bond donors (Lipinski definition) is 1. The number of nitro groups is 1. The number of carbonyl (C=O) groups is 1. The summed E-state index contributed by atoms with van der Waals surface area (Å²) in [5.74, 6) is -0.567. The van der Waals surface area contributed by atoms with E-state index in [0.717, 1.165) is 0 Å². The SMILES string of the molecule is O=C(Nc1ccccc1[N+](=O)[O-])c1ccoc1Cl. The predicted octanol–water partition coefficient (Wildman–Crippen LogP) is 3.09. The largest absolute Gasteiger partial charge is 0.452 e. The Hall–Kier alpha value is -2.34. The maximum Gasteiger partial charge on any atom is 0.292 e. The quantitative estimate of drug-likeness (QED) is 0.683. The van der Waals surface area contributed by atoms with Crippen molar-refractivity contribution in [2.45, 2.75) is 0 Å². The van der Waals surface area contributed by atoms with Crippen molar-refractivity contribution >= 4 is 28.9 Å². The normalized spacial score (nSPS) is 10.1. The molecule has 1 N–H and O–H groups in total. The molecule has 0 unspecified atom stereocenters. The number of para-hydroxylation sites is 2. The number of rotatable bonds is 3. The van der Waals surface area contributed by atoms with Gasteiger partial charge in [-0.3, -0.25) is 14.9 Å². The van der Waals surface area contributed by atoms with Gasteiger partial charge in [0.2, 0.25) is 5.22 Å². The number of nitro benzene ring substituents is 1. The van der Waals surface area contributed by atoms with Gasteiger partial charge in [0.05, 0.1) is 16.7 Å². The van der Waals surface area contributed by atoms with Gasteiger partial charge in [0.15, 0.2) is 0 Å². The van der Waals surface area contributed by atoms with Crippen molar-refractivity contribution < 1.29 is 14.1 Å². The van der Waals surface area contributed by atoms with Crippen molar-refractivity contribution in [3.63, 3.8) is 0 Å². The average molecular weight is 267 g/mol. The van der Waals surface area contributed by atoms with Crippen LogP contribution in [0.2, 0.25) is 5.22 Å². The van der Waals surface area contributed by atoms with E-state index >= 15 is 0 Å². The van der Waals surface area contributed by atoms with Crippen molar-refractivity contribution in [2.24, 2.45) is 0 Å². The Kier molecular flexibility index (Phi) is 3.29. The summed E-state index contributed by atoms with van der Waals surface area (Å²) in [5.41, 5.74) is 0.0325. The molecule has 2 rings (SSSR count). The Morgan fingerprint density at radius 3 is 2.67 bits per heavy atom. The summed E-state index contributed by atoms with van der Waals surface area (Å²) in [6.07, 6.45) is 1.26. The van der Waals surface area contributed by atoms with Gasteiger partial charge in [-0.25, -0.2) is 0 Å². The lowest BCUT2D eigenvalue weighted by atomic mass is 10.2. The number of carbonyl (C=O) groups excluding carboxylic acids is 1. The first-order valence-corrected chi connectivity index (χ1v) is 5.25. The zero-order valence-corrected chi connectivity index (χ0v) is 9.68. The molecule has 1 heterocycles. The number of benzene rings is 1. The Bertz CT molecular complexity index is 609. The minimum Gasteiger partial charge on any atom is -0.452 e. The van der Waals surface area contributed by atoms with Gasteiger partial charge in [-0.2, -0.15) is 0 Å². The summed E-state index contributed by atoms with van der Waals surface area (Å²) < 4.78 is 4.77. The molecule has 1 aromatic carbocycles. The van der Waals surface area contributed by atoms with Crippen LogP contribution in [0.3, 0.4) is 0 Å². The van der Waals surface area contributed by atoms with Gasteiger partial charge in [-0.05, 0) is 23.7 Å². The van der Waals surface area contributed by atoms with Gasteiger partial charge in [0, 0.05) is 6.07 Å². The van der Waals surface area contributed by atoms with Gasteiger partial charge < -0.3 is 9.73 Å². The molecule has 0 fully saturated rings. The number of nitrogens with zero attached hydrogens (tertiary/aromatic N) is 1. The fraction of sp³-hybridized carbons (Fsp3) is 0. The van der Waals surface area contributed by atoms with Crippen LogP contribution in [0, 0.1) is 10.1 Å². The van der Waals surface area contributed by atoms with Crippen molar-refractivity contribution in [3.8, 4) is 0 Å². The molecule has 1 aromatic heterocycles. The highest BCUT2D eigenvalue weighted by Gasteiger charge is 2.18. The third-order valence-electron chi connectivity index (χ3n) is 2.21. The summed E-state index contributed by atoms with van der Waals surface area (Å²) >= 11 is 5.64. The maximum absolute atomic E-state index is 11.8. The average Bonchev–Trinajstić information content (AvgIpc) is 2.76. The highest BCUT2D eigenvalue weighted by molar-refractivity contribution is 6.32.